The number of carbonyl (C=O) groups excluding carboxylic acids is 1. The van der Waals surface area contributed by atoms with Crippen molar-refractivity contribution in [3.8, 4) is 0 Å². The summed E-state index contributed by atoms with van der Waals surface area (Å²) < 4.78 is 0. The van der Waals surface area contributed by atoms with Gasteiger partial charge in [0, 0.05) is 17.3 Å². The van der Waals surface area contributed by atoms with Gasteiger partial charge in [-0.1, -0.05) is 18.2 Å². The number of aliphatic carboxylic acids is 1. The molecule has 0 radical (unpaired) electrons. The third-order valence-electron chi connectivity index (χ3n) is 3.21. The number of nitrogens with one attached hydrogen (secondary N) is 1. The number of carboxylic acid groups (broad SMARTS) is 1. The minimum Gasteiger partial charge on any atom is -0.480 e. The highest BCUT2D eigenvalue weighted by molar-refractivity contribution is 6.12. The molecule has 0 saturated heterocycles. The topological polar surface area (TPSA) is 153 Å². The Morgan fingerprint density at radius 2 is 1.72 bits per heavy atom. The fourth-order valence-corrected chi connectivity index (χ4v) is 2.16. The van der Waals surface area contributed by atoms with Gasteiger partial charge in [-0.2, -0.15) is 0 Å². The Bertz CT molecular complexity index is 879. The molecule has 10 nitrogen and oxygen atoms in total. The lowest BCUT2D eigenvalue weighted by Gasteiger charge is -2.07. The van der Waals surface area contributed by atoms with Gasteiger partial charge in [0.1, 0.15) is 12.1 Å². The first kappa shape index (κ1) is 17.5. The second-order valence-corrected chi connectivity index (χ2v) is 4.84. The average molecular weight is 345 g/mol. The highest BCUT2D eigenvalue weighted by Gasteiger charge is 2.31. The Kier molecular flexibility index (Phi) is 5.03. The lowest BCUT2D eigenvalue weighted by atomic mass is 10.0. The zero-order valence-electron chi connectivity index (χ0n) is 12.5. The van der Waals surface area contributed by atoms with Gasteiger partial charge in [0.25, 0.3) is 0 Å². The summed E-state index contributed by atoms with van der Waals surface area (Å²) in [7, 11) is 0. The van der Waals surface area contributed by atoms with Crippen molar-refractivity contribution in [2.75, 3.05) is 11.9 Å². The lowest BCUT2D eigenvalue weighted by Crippen LogP contribution is -2.13. The van der Waals surface area contributed by atoms with E-state index in [0.29, 0.717) is 5.69 Å². The van der Waals surface area contributed by atoms with Gasteiger partial charge in [0.15, 0.2) is 5.78 Å². The number of nitro benzene ring substituents is 2. The minimum atomic E-state index is -1.11. The Hall–Kier alpha value is -3.82. The second kappa shape index (κ2) is 7.17. The zero-order chi connectivity index (χ0) is 18.6. The maximum Gasteiger partial charge on any atom is 0.357 e. The van der Waals surface area contributed by atoms with Crippen molar-refractivity contribution in [3.05, 3.63) is 73.8 Å². The minimum absolute atomic E-state index is 0.0268. The van der Waals surface area contributed by atoms with Crippen LogP contribution in [0.1, 0.15) is 15.9 Å². The van der Waals surface area contributed by atoms with Crippen LogP contribution in [0.2, 0.25) is 0 Å². The predicted octanol–water partition coefficient (Wildman–Crippen LogP) is 2.23. The van der Waals surface area contributed by atoms with E-state index in [-0.39, 0.29) is 12.1 Å². The Labute approximate surface area is 140 Å². The third kappa shape index (κ3) is 3.93. The summed E-state index contributed by atoms with van der Waals surface area (Å²) in [6, 6.07) is 8.92. The van der Waals surface area contributed by atoms with Crippen molar-refractivity contribution in [2.24, 2.45) is 0 Å². The number of para-hydroxylation sites is 1. The third-order valence-corrected chi connectivity index (χ3v) is 3.21. The molecule has 0 saturated carbocycles. The van der Waals surface area contributed by atoms with Gasteiger partial charge in [-0.3, -0.25) is 29.8 Å². The Morgan fingerprint density at radius 1 is 1.04 bits per heavy atom. The number of hydrogen-bond donors (Lipinski definition) is 2. The smallest absolute Gasteiger partial charge is 0.357 e. The van der Waals surface area contributed by atoms with Gasteiger partial charge < -0.3 is 10.4 Å². The van der Waals surface area contributed by atoms with E-state index in [0.717, 1.165) is 12.1 Å². The van der Waals surface area contributed by atoms with Crippen molar-refractivity contribution in [1.82, 2.24) is 0 Å². The number of ketones is 1. The molecule has 2 aromatic carbocycles. The average Bonchev–Trinajstić information content (AvgIpc) is 2.58. The van der Waals surface area contributed by atoms with Crippen LogP contribution in [0, 0.1) is 20.2 Å². The van der Waals surface area contributed by atoms with Gasteiger partial charge in [0.05, 0.1) is 9.85 Å². The molecule has 0 aliphatic rings. The summed E-state index contributed by atoms with van der Waals surface area (Å²) in [4.78, 5) is 43.4. The van der Waals surface area contributed by atoms with Gasteiger partial charge in [-0.25, -0.2) is 0 Å². The SMILES string of the molecule is O=C(O)CNc1cccc(C(=O)c2cccc([N+](=O)[O-])c2[N+](=O)[O-])c1. The van der Waals surface area contributed by atoms with E-state index in [9.17, 15) is 29.8 Å². The standard InChI is InChI=1S/C15H11N3O7/c19-13(20)8-16-10-4-1-3-9(7-10)15(21)11-5-2-6-12(17(22)23)14(11)18(24)25/h1-7,16H,8H2,(H,19,20). The molecule has 2 rings (SSSR count). The number of carboxylic acids is 1. The van der Waals surface area contributed by atoms with E-state index in [4.69, 9.17) is 5.11 Å². The van der Waals surface area contributed by atoms with Crippen LogP contribution in [-0.2, 0) is 4.79 Å². The number of nitro groups is 2. The molecular weight excluding hydrogens is 334 g/mol. The summed E-state index contributed by atoms with van der Waals surface area (Å²) in [5.41, 5.74) is -1.74. The molecule has 0 fully saturated rings. The van der Waals surface area contributed by atoms with Crippen LogP contribution in [0.4, 0.5) is 17.1 Å². The van der Waals surface area contributed by atoms with Crippen LogP contribution in [0.3, 0.4) is 0 Å². The van der Waals surface area contributed by atoms with Gasteiger partial charge in [0.2, 0.25) is 0 Å². The first-order chi connectivity index (χ1) is 11.8. The maximum absolute atomic E-state index is 12.6. The van der Waals surface area contributed by atoms with E-state index in [2.05, 4.69) is 5.32 Å². The van der Waals surface area contributed by atoms with E-state index < -0.39 is 38.5 Å². The largest absolute Gasteiger partial charge is 0.480 e. The number of benzene rings is 2. The fourth-order valence-electron chi connectivity index (χ4n) is 2.16. The molecule has 0 aliphatic carbocycles. The van der Waals surface area contributed by atoms with Crippen LogP contribution in [0.15, 0.2) is 42.5 Å². The first-order valence-corrected chi connectivity index (χ1v) is 6.83. The van der Waals surface area contributed by atoms with E-state index in [1.807, 2.05) is 0 Å². The first-order valence-electron chi connectivity index (χ1n) is 6.83. The molecule has 10 heteroatoms. The number of anilines is 1. The Balaban J connectivity index is 2.46. The van der Waals surface area contributed by atoms with Crippen LogP contribution < -0.4 is 5.32 Å². The summed E-state index contributed by atoms with van der Waals surface area (Å²) in [5, 5.41) is 33.4. The molecule has 2 aromatic rings. The molecule has 2 N–H and O–H groups in total. The molecule has 25 heavy (non-hydrogen) atoms. The quantitative estimate of drug-likeness (QED) is 0.440. The van der Waals surface area contributed by atoms with Crippen LogP contribution in [-0.4, -0.2) is 33.3 Å². The molecule has 0 spiro atoms. The van der Waals surface area contributed by atoms with Crippen LogP contribution in [0.5, 0.6) is 0 Å². The van der Waals surface area contributed by atoms with Gasteiger partial charge in [-0.05, 0) is 18.2 Å². The molecule has 0 unspecified atom stereocenters. The molecule has 0 atom stereocenters. The van der Waals surface area contributed by atoms with Crippen molar-refractivity contribution in [1.29, 1.82) is 0 Å². The molecule has 0 amide bonds. The number of carbonyl (C=O) groups is 2. The van der Waals surface area contributed by atoms with Crippen LogP contribution in [0.25, 0.3) is 0 Å². The second-order valence-electron chi connectivity index (χ2n) is 4.84. The van der Waals surface area contributed by atoms with E-state index in [1.165, 1.54) is 30.3 Å². The molecule has 0 heterocycles. The zero-order valence-corrected chi connectivity index (χ0v) is 12.5. The van der Waals surface area contributed by atoms with Crippen molar-refractivity contribution in [3.63, 3.8) is 0 Å². The number of rotatable bonds is 7. The van der Waals surface area contributed by atoms with E-state index >= 15 is 0 Å². The monoisotopic (exact) mass is 345 g/mol. The molecular formula is C15H11N3O7. The van der Waals surface area contributed by atoms with Crippen molar-refractivity contribution < 1.29 is 24.5 Å². The Morgan fingerprint density at radius 3 is 2.32 bits per heavy atom. The summed E-state index contributed by atoms with van der Waals surface area (Å²) in [5.74, 6) is -1.89. The number of nitrogens with zero attached hydrogens (tertiary/aromatic N) is 2. The summed E-state index contributed by atoms with van der Waals surface area (Å²) >= 11 is 0. The molecule has 0 aliphatic heterocycles. The van der Waals surface area contributed by atoms with E-state index in [1.54, 1.807) is 0 Å². The summed E-state index contributed by atoms with van der Waals surface area (Å²) in [6.45, 7) is -0.380. The predicted molar refractivity (Wildman–Crippen MR) is 85.8 cm³/mol. The van der Waals surface area contributed by atoms with Crippen LogP contribution >= 0.6 is 0 Å². The van der Waals surface area contributed by atoms with Gasteiger partial charge in [-0.15, -0.1) is 0 Å². The highest BCUT2D eigenvalue weighted by Crippen LogP contribution is 2.32. The highest BCUT2D eigenvalue weighted by atomic mass is 16.6. The molecule has 128 valence electrons. The number of hydrogen-bond acceptors (Lipinski definition) is 7. The summed E-state index contributed by atoms with van der Waals surface area (Å²) in [6.07, 6.45) is 0. The lowest BCUT2D eigenvalue weighted by molar-refractivity contribution is -0.422. The molecule has 0 aromatic heterocycles. The molecule has 0 bridgehead atoms. The fraction of sp³-hybridized carbons (Fsp3) is 0.0667. The maximum atomic E-state index is 12.6. The van der Waals surface area contributed by atoms with Gasteiger partial charge >= 0.3 is 17.3 Å². The van der Waals surface area contributed by atoms with Crippen molar-refractivity contribution in [2.45, 2.75) is 0 Å². The normalized spacial score (nSPS) is 10.1. The van der Waals surface area contributed by atoms with Crippen molar-refractivity contribution >= 4 is 28.8 Å².